The molecule has 0 aromatic heterocycles. The zero-order chi connectivity index (χ0) is 17.0. The van der Waals surface area contributed by atoms with Crippen molar-refractivity contribution in [3.05, 3.63) is 64.2 Å². The lowest BCUT2D eigenvalue weighted by Gasteiger charge is -2.15. The van der Waals surface area contributed by atoms with Crippen molar-refractivity contribution in [3.8, 4) is 0 Å². The molecule has 9 heteroatoms. The number of nitrogens with zero attached hydrogens (tertiary/aromatic N) is 1. The normalized spacial score (nSPS) is 10.9. The molecule has 0 amide bonds. The highest BCUT2D eigenvalue weighted by Gasteiger charge is 2.33. The number of anilines is 2. The van der Waals surface area contributed by atoms with Gasteiger partial charge in [-0.2, -0.15) is 13.2 Å². The maximum atomic E-state index is 12.9. The summed E-state index contributed by atoms with van der Waals surface area (Å²) in [5.41, 5.74) is -0.954. The lowest BCUT2D eigenvalue weighted by atomic mass is 10.1. The van der Waals surface area contributed by atoms with Crippen LogP contribution in [0.5, 0.6) is 0 Å². The molecule has 2 rings (SSSR count). The molecule has 0 spiro atoms. The van der Waals surface area contributed by atoms with Gasteiger partial charge in [-0.25, -0.2) is 0 Å². The van der Waals surface area contributed by atoms with Crippen LogP contribution in [-0.2, 0) is 6.18 Å². The average Bonchev–Trinajstić information content (AvgIpc) is 2.47. The fourth-order valence-corrected chi connectivity index (χ4v) is 1.82. The Bertz CT molecular complexity index is 730. The predicted molar refractivity (Wildman–Crippen MR) is 79.5 cm³/mol. The highest BCUT2D eigenvalue weighted by atomic mass is 19.4. The molecule has 0 aliphatic carbocycles. The van der Waals surface area contributed by atoms with Gasteiger partial charge in [-0.1, -0.05) is 12.1 Å². The number of alkyl halides is 3. The SMILES string of the molecule is N=C(Nc1ccc([N+](=O)[O-])cc1)Nc1ccccc1C(F)(F)F. The maximum absolute atomic E-state index is 12.9. The minimum absolute atomic E-state index is 0.127. The molecule has 0 saturated carbocycles. The molecule has 6 nitrogen and oxygen atoms in total. The van der Waals surface area contributed by atoms with Crippen LogP contribution >= 0.6 is 0 Å². The van der Waals surface area contributed by atoms with Crippen molar-refractivity contribution in [2.24, 2.45) is 0 Å². The van der Waals surface area contributed by atoms with Crippen molar-refractivity contribution in [2.75, 3.05) is 10.6 Å². The molecule has 0 atom stereocenters. The molecule has 0 unspecified atom stereocenters. The van der Waals surface area contributed by atoms with Gasteiger partial charge in [-0.05, 0) is 24.3 Å². The van der Waals surface area contributed by atoms with Crippen LogP contribution in [0, 0.1) is 15.5 Å². The molecule has 2 aromatic rings. The number of hydrogen-bond donors (Lipinski definition) is 3. The molecule has 0 saturated heterocycles. The first kappa shape index (κ1) is 16.3. The Morgan fingerprint density at radius 2 is 1.65 bits per heavy atom. The van der Waals surface area contributed by atoms with Crippen LogP contribution in [-0.4, -0.2) is 10.9 Å². The summed E-state index contributed by atoms with van der Waals surface area (Å²) >= 11 is 0. The largest absolute Gasteiger partial charge is 0.418 e. The number of halogens is 3. The van der Waals surface area contributed by atoms with Crippen LogP contribution in [0.4, 0.5) is 30.2 Å². The number of nitro benzene ring substituents is 1. The van der Waals surface area contributed by atoms with Crippen molar-refractivity contribution in [2.45, 2.75) is 6.18 Å². The van der Waals surface area contributed by atoms with Crippen molar-refractivity contribution >= 4 is 23.0 Å². The minimum Gasteiger partial charge on any atom is -0.326 e. The molecule has 2 aromatic carbocycles. The van der Waals surface area contributed by atoms with Crippen LogP contribution in [0.15, 0.2) is 48.5 Å². The standard InChI is InChI=1S/C14H11F3N4O2/c15-14(16,17)11-3-1-2-4-12(11)20-13(18)19-9-5-7-10(8-6-9)21(22)23/h1-8H,(H3,18,19,20). The zero-order valence-corrected chi connectivity index (χ0v) is 11.5. The predicted octanol–water partition coefficient (Wildman–Crippen LogP) is 4.07. The van der Waals surface area contributed by atoms with Gasteiger partial charge in [0.05, 0.1) is 16.2 Å². The summed E-state index contributed by atoms with van der Waals surface area (Å²) in [7, 11) is 0. The van der Waals surface area contributed by atoms with E-state index in [9.17, 15) is 23.3 Å². The zero-order valence-electron chi connectivity index (χ0n) is 11.5. The van der Waals surface area contributed by atoms with Gasteiger partial charge in [-0.3, -0.25) is 15.5 Å². The quantitative estimate of drug-likeness (QED) is 0.343. The second-order valence-corrected chi connectivity index (χ2v) is 4.47. The van der Waals surface area contributed by atoms with E-state index >= 15 is 0 Å². The van der Waals surface area contributed by atoms with Gasteiger partial charge in [0, 0.05) is 17.8 Å². The van der Waals surface area contributed by atoms with E-state index in [4.69, 9.17) is 5.41 Å². The number of non-ortho nitro benzene ring substituents is 1. The molecule has 3 N–H and O–H groups in total. The number of benzene rings is 2. The summed E-state index contributed by atoms with van der Waals surface area (Å²) < 4.78 is 38.6. The summed E-state index contributed by atoms with van der Waals surface area (Å²) in [4.78, 5) is 9.95. The van der Waals surface area contributed by atoms with Gasteiger partial charge in [0.25, 0.3) is 5.69 Å². The van der Waals surface area contributed by atoms with Crippen LogP contribution in [0.3, 0.4) is 0 Å². The van der Waals surface area contributed by atoms with Crippen LogP contribution < -0.4 is 10.6 Å². The lowest BCUT2D eigenvalue weighted by molar-refractivity contribution is -0.384. The van der Waals surface area contributed by atoms with E-state index in [-0.39, 0.29) is 11.4 Å². The first-order valence-electron chi connectivity index (χ1n) is 6.30. The molecule has 120 valence electrons. The van der Waals surface area contributed by atoms with Gasteiger partial charge < -0.3 is 10.6 Å². The number of nitrogens with one attached hydrogen (secondary N) is 3. The fraction of sp³-hybridized carbons (Fsp3) is 0.0714. The summed E-state index contributed by atoms with van der Waals surface area (Å²) in [6.45, 7) is 0. The molecule has 23 heavy (non-hydrogen) atoms. The Morgan fingerprint density at radius 1 is 1.04 bits per heavy atom. The average molecular weight is 324 g/mol. The van der Waals surface area contributed by atoms with E-state index in [1.165, 1.54) is 42.5 Å². The van der Waals surface area contributed by atoms with E-state index in [1.54, 1.807) is 0 Å². The monoisotopic (exact) mass is 324 g/mol. The van der Waals surface area contributed by atoms with E-state index in [2.05, 4.69) is 10.6 Å². The van der Waals surface area contributed by atoms with E-state index in [1.807, 2.05) is 0 Å². The third-order valence-corrected chi connectivity index (χ3v) is 2.84. The van der Waals surface area contributed by atoms with Gasteiger partial charge >= 0.3 is 6.18 Å². The summed E-state index contributed by atoms with van der Waals surface area (Å²) in [6, 6.07) is 9.92. The van der Waals surface area contributed by atoms with Crippen LogP contribution in [0.2, 0.25) is 0 Å². The van der Waals surface area contributed by atoms with Crippen molar-refractivity contribution < 1.29 is 18.1 Å². The van der Waals surface area contributed by atoms with Crippen LogP contribution in [0.1, 0.15) is 5.56 Å². The van der Waals surface area contributed by atoms with Gasteiger partial charge in [0.1, 0.15) is 0 Å². The molecule has 0 aliphatic heterocycles. The Labute approximate surface area is 128 Å². The minimum atomic E-state index is -4.54. The van der Waals surface area contributed by atoms with Gasteiger partial charge in [0.2, 0.25) is 0 Å². The Hall–Kier alpha value is -3.10. The molecule has 0 fully saturated rings. The highest BCUT2D eigenvalue weighted by Crippen LogP contribution is 2.34. The molecule has 0 heterocycles. The van der Waals surface area contributed by atoms with E-state index in [0.29, 0.717) is 5.69 Å². The number of nitro groups is 1. The fourth-order valence-electron chi connectivity index (χ4n) is 1.82. The Balaban J connectivity index is 2.10. The number of hydrogen-bond acceptors (Lipinski definition) is 3. The van der Waals surface area contributed by atoms with E-state index in [0.717, 1.165) is 6.07 Å². The Kier molecular flexibility index (Phi) is 4.49. The molecular weight excluding hydrogens is 313 g/mol. The Morgan fingerprint density at radius 3 is 2.22 bits per heavy atom. The maximum Gasteiger partial charge on any atom is 0.418 e. The van der Waals surface area contributed by atoms with Crippen molar-refractivity contribution in [1.82, 2.24) is 0 Å². The second-order valence-electron chi connectivity index (χ2n) is 4.47. The summed E-state index contributed by atoms with van der Waals surface area (Å²) in [6.07, 6.45) is -4.54. The van der Waals surface area contributed by atoms with Crippen molar-refractivity contribution in [3.63, 3.8) is 0 Å². The van der Waals surface area contributed by atoms with Crippen LogP contribution in [0.25, 0.3) is 0 Å². The molecule has 0 bridgehead atoms. The first-order chi connectivity index (χ1) is 10.8. The van der Waals surface area contributed by atoms with Gasteiger partial charge in [-0.15, -0.1) is 0 Å². The molecule has 0 aliphatic rings. The topological polar surface area (TPSA) is 91.0 Å². The second kappa shape index (κ2) is 6.34. The first-order valence-corrected chi connectivity index (χ1v) is 6.30. The highest BCUT2D eigenvalue weighted by molar-refractivity contribution is 6.01. The number of guanidine groups is 1. The molecular formula is C14H11F3N4O2. The third kappa shape index (κ3) is 4.19. The number of para-hydroxylation sites is 1. The van der Waals surface area contributed by atoms with Crippen molar-refractivity contribution in [1.29, 1.82) is 5.41 Å². The lowest BCUT2D eigenvalue weighted by Crippen LogP contribution is -2.22. The summed E-state index contributed by atoms with van der Waals surface area (Å²) in [5.74, 6) is -0.393. The summed E-state index contributed by atoms with van der Waals surface area (Å²) in [5, 5.41) is 23.0. The third-order valence-electron chi connectivity index (χ3n) is 2.84. The smallest absolute Gasteiger partial charge is 0.326 e. The van der Waals surface area contributed by atoms with Gasteiger partial charge in [0.15, 0.2) is 5.96 Å². The van der Waals surface area contributed by atoms with E-state index < -0.39 is 22.6 Å². The number of rotatable bonds is 3. The molecule has 0 radical (unpaired) electrons.